The molecule has 342 valence electrons. The molecule has 0 aliphatic heterocycles. The predicted octanol–water partition coefficient (Wildman–Crippen LogP) is 15.6. The van der Waals surface area contributed by atoms with E-state index in [-0.39, 0.29) is 42.5 Å². The molecule has 3 N–H and O–H groups in total. The number of rotatable bonds is 23. The van der Waals surface area contributed by atoms with E-state index in [0.29, 0.717) is 12.5 Å². The smallest absolute Gasteiger partial charge is 0.686 e. The number of nitrogens with one attached hydrogen (secondary N) is 1. The second kappa shape index (κ2) is 36.8. The van der Waals surface area contributed by atoms with Crippen LogP contribution in [0.2, 0.25) is 0 Å². The summed E-state index contributed by atoms with van der Waals surface area (Å²) < 4.78 is 13.9. The van der Waals surface area contributed by atoms with Gasteiger partial charge in [-0.3, -0.25) is 5.14 Å². The van der Waals surface area contributed by atoms with Crippen LogP contribution in [0.25, 0.3) is 10.6 Å². The Hall–Kier alpha value is -1.32. The van der Waals surface area contributed by atoms with Gasteiger partial charge in [-0.05, 0) is 123 Å². The third-order valence-electron chi connectivity index (χ3n) is 10.2. The number of hydrogen-bond donors (Lipinski definition) is 2. The molecular formula is C51H77ClFN5S3U. The Bertz CT molecular complexity index is 1670. The first kappa shape index (κ1) is 58.7. The Labute approximate surface area is 419 Å². The summed E-state index contributed by atoms with van der Waals surface area (Å²) in [6, 6.07) is 25.5. The molecule has 0 heterocycles. The van der Waals surface area contributed by atoms with Gasteiger partial charge in [-0.2, -0.15) is 13.1 Å². The van der Waals surface area contributed by atoms with E-state index in [2.05, 4.69) is 122 Å². The number of nitrogens with zero attached hydrogens (tertiary/aromatic N) is 3. The second-order valence-electron chi connectivity index (χ2n) is 14.9. The van der Waals surface area contributed by atoms with E-state index < -0.39 is 6.01 Å². The molecule has 0 fully saturated rings. The van der Waals surface area contributed by atoms with Gasteiger partial charge in [0.2, 0.25) is 0 Å². The Kier molecular flexibility index (Phi) is 34.9. The van der Waals surface area contributed by atoms with Gasteiger partial charge in [-0.15, -0.1) is 35.6 Å². The van der Waals surface area contributed by atoms with Crippen LogP contribution in [0, 0.1) is 37.0 Å². The van der Waals surface area contributed by atoms with Crippen LogP contribution in [-0.4, -0.2) is 73.6 Å². The number of allylic oxidation sites excluding steroid dienone is 5. The van der Waals surface area contributed by atoms with Gasteiger partial charge in [-0.25, -0.2) is 4.39 Å². The first-order chi connectivity index (χ1) is 29.8. The van der Waals surface area contributed by atoms with Gasteiger partial charge in [-0.1, -0.05) is 145 Å². The van der Waals surface area contributed by atoms with Crippen LogP contribution in [0.1, 0.15) is 105 Å². The van der Waals surface area contributed by atoms with Crippen LogP contribution < -0.4 is 10.5 Å². The summed E-state index contributed by atoms with van der Waals surface area (Å²) in [5.74, 6) is 1.66. The van der Waals surface area contributed by atoms with Crippen molar-refractivity contribution in [3.8, 4) is 0 Å². The Morgan fingerprint density at radius 2 is 1.60 bits per heavy atom. The molecular weight excluding hydrogens is 1070 g/mol. The molecule has 5 rings (SSSR count). The first-order valence-corrected chi connectivity index (χ1v) is 26.4. The average Bonchev–Trinajstić information content (AvgIpc) is 3.28. The topological polar surface area (TPSA) is 69.5 Å². The Morgan fingerprint density at radius 3 is 2.23 bits per heavy atom. The van der Waals surface area contributed by atoms with Crippen molar-refractivity contribution >= 4 is 58.4 Å². The van der Waals surface area contributed by atoms with E-state index >= 15 is 0 Å². The van der Waals surface area contributed by atoms with E-state index in [4.69, 9.17) is 27.4 Å². The molecule has 0 radical (unpaired) electrons. The van der Waals surface area contributed by atoms with Crippen molar-refractivity contribution in [1.82, 2.24) is 4.90 Å². The average molecular weight is 1150 g/mol. The van der Waals surface area contributed by atoms with Gasteiger partial charge in [0.25, 0.3) is 0 Å². The molecule has 3 aromatic rings. The molecule has 3 aromatic carbocycles. The summed E-state index contributed by atoms with van der Waals surface area (Å²) in [4.78, 5) is 4.83. The van der Waals surface area contributed by atoms with Crippen molar-refractivity contribution in [3.63, 3.8) is 0 Å². The van der Waals surface area contributed by atoms with E-state index in [0.717, 1.165) is 99.7 Å². The third kappa shape index (κ3) is 23.2. The zero-order valence-corrected chi connectivity index (χ0v) is 46.5. The number of halogens is 2. The molecule has 3 atom stereocenters. The summed E-state index contributed by atoms with van der Waals surface area (Å²) in [5, 5.41) is 18.5. The van der Waals surface area contributed by atoms with E-state index in [1.165, 1.54) is 62.9 Å². The van der Waals surface area contributed by atoms with Crippen molar-refractivity contribution in [2.24, 2.45) is 11.1 Å². The molecule has 0 saturated heterocycles. The maximum absolute atomic E-state index is 13.9. The van der Waals surface area contributed by atoms with Crippen LogP contribution in [0.5, 0.6) is 0 Å². The zero-order chi connectivity index (χ0) is 44.7. The molecule has 11 heteroatoms. The minimum atomic E-state index is -0.451. The Balaban J connectivity index is 0.00000227. The third-order valence-corrected chi connectivity index (χ3v) is 12.4. The summed E-state index contributed by atoms with van der Waals surface area (Å²) in [6.45, 7) is 20.4. The maximum atomic E-state index is 13.9. The van der Waals surface area contributed by atoms with Crippen LogP contribution in [-0.2, 0) is 6.42 Å². The molecule has 0 saturated carbocycles. The van der Waals surface area contributed by atoms with Crippen molar-refractivity contribution in [2.75, 3.05) is 62.6 Å². The van der Waals surface area contributed by atoms with Gasteiger partial charge >= 0.3 is 31.1 Å². The molecule has 3 unspecified atom stereocenters. The Morgan fingerprint density at radius 1 is 0.919 bits per heavy atom. The van der Waals surface area contributed by atoms with E-state index in [1.54, 1.807) is 0 Å². The molecule has 0 amide bonds. The van der Waals surface area contributed by atoms with Crippen molar-refractivity contribution in [2.45, 2.75) is 121 Å². The molecule has 5 nitrogen and oxygen atoms in total. The largest absolute Gasteiger partial charge is 2.00 e. The standard InChI is InChI=1S/C46H60ClFN4S2.2C2H6.CH5NS.U/c1-4-26-52(27-5-2)28-23-42(33-53-43-9-7-6-8-10-43)51-45-22-14-37(31-46(45)54-34-48)30-36-12-19-41(20-13-36)50-25-24-49-32-39-29-35(3)11-21-44(39)38-15-17-40(47)18-16-38;2*1-2;1-3-2;/h6-10,12-17,19-20,22,31,35,40,42,51H,4-5,11,18,21,23-30,32-34H2,1-3H3;2*1-2H3;2H2,1H3;/q-2;;;;+2. The zero-order valence-electron chi connectivity index (χ0n) is 39.1. The molecule has 0 aromatic heterocycles. The first-order valence-electron chi connectivity index (χ1n) is 22.7. The normalized spacial score (nSPS) is 16.0. The van der Waals surface area contributed by atoms with Crippen molar-refractivity contribution in [3.05, 3.63) is 130 Å². The summed E-state index contributed by atoms with van der Waals surface area (Å²) in [7, 11) is 0. The van der Waals surface area contributed by atoms with Gasteiger partial charge in [0, 0.05) is 33.8 Å². The number of alkyl halides is 2. The second-order valence-corrected chi connectivity index (χ2v) is 18.0. The van der Waals surface area contributed by atoms with Gasteiger partial charge in [0.15, 0.2) is 0 Å². The number of benzene rings is 3. The molecule has 2 aliphatic rings. The molecule has 62 heavy (non-hydrogen) atoms. The summed E-state index contributed by atoms with van der Waals surface area (Å²) in [5.41, 5.74) is 8.74. The van der Waals surface area contributed by atoms with Gasteiger partial charge in [0.1, 0.15) is 6.01 Å². The number of nitrogens with two attached hydrogens (primary N) is 1. The minimum Gasteiger partial charge on any atom is -0.686 e. The van der Waals surface area contributed by atoms with Crippen LogP contribution in [0.4, 0.5) is 15.8 Å². The molecule has 2 aliphatic carbocycles. The van der Waals surface area contributed by atoms with Gasteiger partial charge in [0.05, 0.1) is 5.38 Å². The van der Waals surface area contributed by atoms with Crippen LogP contribution in [0.15, 0.2) is 118 Å². The number of anilines is 1. The van der Waals surface area contributed by atoms with Crippen molar-refractivity contribution in [1.29, 1.82) is 0 Å². The van der Waals surface area contributed by atoms with Crippen LogP contribution in [0.3, 0.4) is 0 Å². The van der Waals surface area contributed by atoms with E-state index in [1.807, 2.05) is 45.7 Å². The minimum absolute atomic E-state index is 0. The SMILES string of the molecule is CC.CC.CCCN(CCC)CCC(CSc1ccccc1)Nc1ccc(Cc2ccc([N-]CC[N-]CC3=C(C4=CCC(Cl)C=C4)CCC(C)C3)cc2)cc1SCF.CSN.[U+2]. The predicted molar refractivity (Wildman–Crippen MR) is 277 cm³/mol. The molecule has 0 spiro atoms. The number of hydrogen-bond acceptors (Lipinski definition) is 6. The molecule has 0 bridgehead atoms. The summed E-state index contributed by atoms with van der Waals surface area (Å²) in [6.07, 6.45) is 17.0. The fourth-order valence-corrected chi connectivity index (χ4v) is 9.16. The quantitative estimate of drug-likeness (QED) is 0.0427. The van der Waals surface area contributed by atoms with Gasteiger partial charge < -0.3 is 20.9 Å². The maximum Gasteiger partial charge on any atom is 2.00 e. The van der Waals surface area contributed by atoms with E-state index in [9.17, 15) is 4.39 Å². The fourth-order valence-electron chi connectivity index (χ4n) is 7.37. The monoisotopic (exact) mass is 1150 g/mol. The van der Waals surface area contributed by atoms with Crippen molar-refractivity contribution < 1.29 is 35.5 Å². The fraction of sp³-hybridized carbons (Fsp3) is 0.529. The number of thioether (sulfide) groups is 2. The summed E-state index contributed by atoms with van der Waals surface area (Å²) >= 11 is 10.7. The van der Waals surface area contributed by atoms with Crippen LogP contribution >= 0.6 is 47.1 Å².